The molecule has 0 bridgehead atoms. The van der Waals surface area contributed by atoms with E-state index in [0.29, 0.717) is 0 Å². The standard InChI is InChI=1S/C20H25N3O/c1-16-6-8-19(9-7-16)23(17(2)24)20-10-13-22(14-11-20)15-18-5-3-4-12-21-18/h3-9,12,20H,10-11,13-15H2,1-2H3. The van der Waals surface area contributed by atoms with Gasteiger partial charge in [0.15, 0.2) is 0 Å². The van der Waals surface area contributed by atoms with E-state index in [-0.39, 0.29) is 11.9 Å². The molecule has 4 nitrogen and oxygen atoms in total. The van der Waals surface area contributed by atoms with Crippen LogP contribution in [0.25, 0.3) is 0 Å². The zero-order valence-corrected chi connectivity index (χ0v) is 14.5. The normalized spacial score (nSPS) is 16.1. The third kappa shape index (κ3) is 4.01. The molecule has 0 radical (unpaired) electrons. The zero-order valence-electron chi connectivity index (χ0n) is 14.5. The molecule has 0 saturated carbocycles. The van der Waals surface area contributed by atoms with Crippen LogP contribution in [-0.4, -0.2) is 34.9 Å². The van der Waals surface area contributed by atoms with Crippen LogP contribution in [0, 0.1) is 6.92 Å². The molecule has 1 fully saturated rings. The molecule has 24 heavy (non-hydrogen) atoms. The minimum atomic E-state index is 0.127. The van der Waals surface area contributed by atoms with Gasteiger partial charge in [-0.1, -0.05) is 23.8 Å². The Kier molecular flexibility index (Phi) is 5.26. The fraction of sp³-hybridized carbons (Fsp3) is 0.400. The summed E-state index contributed by atoms with van der Waals surface area (Å²) in [7, 11) is 0. The van der Waals surface area contributed by atoms with E-state index in [1.54, 1.807) is 6.92 Å². The van der Waals surface area contributed by atoms with E-state index < -0.39 is 0 Å². The summed E-state index contributed by atoms with van der Waals surface area (Å²) < 4.78 is 0. The maximum atomic E-state index is 12.2. The van der Waals surface area contributed by atoms with Crippen LogP contribution in [0.1, 0.15) is 31.0 Å². The first-order valence-electron chi connectivity index (χ1n) is 8.62. The first-order chi connectivity index (χ1) is 11.6. The number of aryl methyl sites for hydroxylation is 1. The first kappa shape index (κ1) is 16.7. The Labute approximate surface area is 144 Å². The number of carbonyl (C=O) groups is 1. The zero-order chi connectivity index (χ0) is 16.9. The topological polar surface area (TPSA) is 36.4 Å². The van der Waals surface area contributed by atoms with Gasteiger partial charge < -0.3 is 4.90 Å². The summed E-state index contributed by atoms with van der Waals surface area (Å²) in [6, 6.07) is 14.6. The Morgan fingerprint density at radius 1 is 1.17 bits per heavy atom. The molecule has 1 aromatic carbocycles. The number of carbonyl (C=O) groups excluding carboxylic acids is 1. The van der Waals surface area contributed by atoms with Crippen LogP contribution >= 0.6 is 0 Å². The number of likely N-dealkylation sites (tertiary alicyclic amines) is 1. The van der Waals surface area contributed by atoms with Gasteiger partial charge in [-0.15, -0.1) is 0 Å². The van der Waals surface area contributed by atoms with Crippen LogP contribution in [0.3, 0.4) is 0 Å². The second kappa shape index (κ2) is 7.58. The number of amides is 1. The molecule has 1 amide bonds. The lowest BCUT2D eigenvalue weighted by atomic mass is 10.0. The lowest BCUT2D eigenvalue weighted by Crippen LogP contribution is -2.46. The Hall–Kier alpha value is -2.20. The molecule has 0 unspecified atom stereocenters. The molecule has 4 heteroatoms. The number of piperidine rings is 1. The van der Waals surface area contributed by atoms with Crippen LogP contribution in [0.4, 0.5) is 5.69 Å². The third-order valence-electron chi connectivity index (χ3n) is 4.69. The molecule has 2 heterocycles. The van der Waals surface area contributed by atoms with E-state index in [4.69, 9.17) is 0 Å². The molecule has 0 aliphatic carbocycles. The summed E-state index contributed by atoms with van der Waals surface area (Å²) in [6.45, 7) is 6.62. The summed E-state index contributed by atoms with van der Waals surface area (Å²) in [6.07, 6.45) is 3.84. The highest BCUT2D eigenvalue weighted by Crippen LogP contribution is 2.25. The average molecular weight is 323 g/mol. The van der Waals surface area contributed by atoms with E-state index in [1.807, 2.05) is 23.2 Å². The Morgan fingerprint density at radius 2 is 1.88 bits per heavy atom. The summed E-state index contributed by atoms with van der Waals surface area (Å²) in [5.74, 6) is 0.127. The highest BCUT2D eigenvalue weighted by Gasteiger charge is 2.27. The van der Waals surface area contributed by atoms with Gasteiger partial charge in [0.25, 0.3) is 0 Å². The van der Waals surface area contributed by atoms with Gasteiger partial charge in [-0.05, 0) is 44.0 Å². The van der Waals surface area contributed by atoms with Crippen LogP contribution in [-0.2, 0) is 11.3 Å². The molecular formula is C20H25N3O. The molecule has 126 valence electrons. The van der Waals surface area contributed by atoms with Gasteiger partial charge in [-0.2, -0.15) is 0 Å². The van der Waals surface area contributed by atoms with Gasteiger partial charge in [-0.3, -0.25) is 14.7 Å². The van der Waals surface area contributed by atoms with Crippen LogP contribution in [0.5, 0.6) is 0 Å². The summed E-state index contributed by atoms with van der Waals surface area (Å²) in [5, 5.41) is 0. The van der Waals surface area contributed by atoms with Gasteiger partial charge in [0.2, 0.25) is 5.91 Å². The largest absolute Gasteiger partial charge is 0.310 e. The van der Waals surface area contributed by atoms with Gasteiger partial charge in [0, 0.05) is 44.5 Å². The average Bonchev–Trinajstić information content (AvgIpc) is 2.59. The molecule has 0 N–H and O–H groups in total. The predicted octanol–water partition coefficient (Wildman–Crippen LogP) is 3.41. The second-order valence-corrected chi connectivity index (χ2v) is 6.55. The maximum Gasteiger partial charge on any atom is 0.224 e. The number of rotatable bonds is 4. The summed E-state index contributed by atoms with van der Waals surface area (Å²) in [4.78, 5) is 21.0. The van der Waals surface area contributed by atoms with Crippen molar-refractivity contribution in [2.75, 3.05) is 18.0 Å². The molecular weight excluding hydrogens is 298 g/mol. The molecule has 0 atom stereocenters. The number of hydrogen-bond donors (Lipinski definition) is 0. The van der Waals surface area contributed by atoms with Gasteiger partial charge in [0.05, 0.1) is 5.69 Å². The molecule has 1 saturated heterocycles. The fourth-order valence-electron chi connectivity index (χ4n) is 3.41. The SMILES string of the molecule is CC(=O)N(c1ccc(C)cc1)C1CCN(Cc2ccccn2)CC1. The van der Waals surface area contributed by atoms with Gasteiger partial charge in [0.1, 0.15) is 0 Å². The van der Waals surface area contributed by atoms with Crippen LogP contribution < -0.4 is 4.90 Å². The number of pyridine rings is 1. The quantitative estimate of drug-likeness (QED) is 0.865. The number of benzene rings is 1. The van der Waals surface area contributed by atoms with Crippen molar-refractivity contribution in [1.29, 1.82) is 0 Å². The van der Waals surface area contributed by atoms with Crippen molar-refractivity contribution < 1.29 is 4.79 Å². The van der Waals surface area contributed by atoms with E-state index in [0.717, 1.165) is 43.9 Å². The molecule has 3 rings (SSSR count). The highest BCUT2D eigenvalue weighted by molar-refractivity contribution is 5.92. The van der Waals surface area contributed by atoms with E-state index in [1.165, 1.54) is 5.56 Å². The molecule has 2 aromatic rings. The summed E-state index contributed by atoms with van der Waals surface area (Å²) in [5.41, 5.74) is 3.33. The lowest BCUT2D eigenvalue weighted by Gasteiger charge is -2.38. The maximum absolute atomic E-state index is 12.2. The van der Waals surface area contributed by atoms with Crippen molar-refractivity contribution in [2.24, 2.45) is 0 Å². The van der Waals surface area contributed by atoms with Crippen LogP contribution in [0.15, 0.2) is 48.7 Å². The highest BCUT2D eigenvalue weighted by atomic mass is 16.2. The minimum absolute atomic E-state index is 0.127. The second-order valence-electron chi connectivity index (χ2n) is 6.55. The van der Waals surface area contributed by atoms with Crippen molar-refractivity contribution >= 4 is 11.6 Å². The van der Waals surface area contributed by atoms with Gasteiger partial charge in [-0.25, -0.2) is 0 Å². The number of nitrogens with zero attached hydrogens (tertiary/aromatic N) is 3. The Morgan fingerprint density at radius 3 is 2.46 bits per heavy atom. The van der Waals surface area contributed by atoms with E-state index >= 15 is 0 Å². The van der Waals surface area contributed by atoms with Crippen LogP contribution in [0.2, 0.25) is 0 Å². The van der Waals surface area contributed by atoms with Crippen molar-refractivity contribution in [3.63, 3.8) is 0 Å². The van der Waals surface area contributed by atoms with E-state index in [2.05, 4.69) is 47.1 Å². The van der Waals surface area contributed by atoms with Crippen molar-refractivity contribution in [2.45, 2.75) is 39.3 Å². The smallest absolute Gasteiger partial charge is 0.224 e. The first-order valence-corrected chi connectivity index (χ1v) is 8.62. The monoisotopic (exact) mass is 323 g/mol. The molecule has 0 spiro atoms. The van der Waals surface area contributed by atoms with Gasteiger partial charge >= 0.3 is 0 Å². The number of aromatic nitrogens is 1. The Balaban J connectivity index is 1.63. The lowest BCUT2D eigenvalue weighted by molar-refractivity contribution is -0.117. The number of anilines is 1. The predicted molar refractivity (Wildman–Crippen MR) is 96.9 cm³/mol. The Bertz CT molecular complexity index is 661. The minimum Gasteiger partial charge on any atom is -0.310 e. The van der Waals surface area contributed by atoms with Crippen molar-refractivity contribution in [1.82, 2.24) is 9.88 Å². The van der Waals surface area contributed by atoms with Crippen molar-refractivity contribution in [3.8, 4) is 0 Å². The fourth-order valence-corrected chi connectivity index (χ4v) is 3.41. The molecule has 1 aliphatic heterocycles. The van der Waals surface area contributed by atoms with Crippen molar-refractivity contribution in [3.05, 3.63) is 59.9 Å². The summed E-state index contributed by atoms with van der Waals surface area (Å²) >= 11 is 0. The third-order valence-corrected chi connectivity index (χ3v) is 4.69. The van der Waals surface area contributed by atoms with E-state index in [9.17, 15) is 4.79 Å². The molecule has 1 aliphatic rings. The molecule has 1 aromatic heterocycles. The number of hydrogen-bond acceptors (Lipinski definition) is 3.